The fourth-order valence-electron chi connectivity index (χ4n) is 2.11. The highest BCUT2D eigenvalue weighted by atomic mass is 16.4. The third-order valence-electron chi connectivity index (χ3n) is 3.51. The zero-order valence-electron chi connectivity index (χ0n) is 13.1. The van der Waals surface area contributed by atoms with Crippen LogP contribution in [0.25, 0.3) is 0 Å². The van der Waals surface area contributed by atoms with Crippen molar-refractivity contribution in [1.82, 2.24) is 10.6 Å². The first kappa shape index (κ1) is 18.9. The van der Waals surface area contributed by atoms with Gasteiger partial charge in [-0.15, -0.1) is 0 Å². The van der Waals surface area contributed by atoms with Gasteiger partial charge in [0.1, 0.15) is 0 Å². The lowest BCUT2D eigenvalue weighted by Crippen LogP contribution is -2.37. The summed E-state index contributed by atoms with van der Waals surface area (Å²) in [5.74, 6) is 0. The molecule has 118 valence electrons. The van der Waals surface area contributed by atoms with E-state index in [0.29, 0.717) is 5.71 Å². The van der Waals surface area contributed by atoms with E-state index < -0.39 is 0 Å². The summed E-state index contributed by atoms with van der Waals surface area (Å²) in [5, 5.41) is 32.1. The first-order valence-electron chi connectivity index (χ1n) is 7.42. The van der Waals surface area contributed by atoms with Crippen LogP contribution in [0.5, 0.6) is 0 Å². The van der Waals surface area contributed by atoms with Gasteiger partial charge in [-0.3, -0.25) is 0 Å². The highest BCUT2D eigenvalue weighted by Crippen LogP contribution is 1.98. The average molecular weight is 285 g/mol. The van der Waals surface area contributed by atoms with Crippen molar-refractivity contribution in [2.24, 2.45) is 10.3 Å². The molecule has 6 heteroatoms. The molecule has 0 saturated carbocycles. The molecular formula is C14H29N4O2-. The second kappa shape index (κ2) is 11.7. The van der Waals surface area contributed by atoms with Crippen LogP contribution in [-0.4, -0.2) is 41.8 Å². The van der Waals surface area contributed by atoms with Gasteiger partial charge in [-0.1, -0.05) is 19.0 Å². The van der Waals surface area contributed by atoms with Crippen molar-refractivity contribution in [3.05, 3.63) is 5.21 Å². The van der Waals surface area contributed by atoms with E-state index in [-0.39, 0.29) is 12.1 Å². The van der Waals surface area contributed by atoms with Gasteiger partial charge >= 0.3 is 0 Å². The van der Waals surface area contributed by atoms with E-state index in [1.165, 1.54) is 0 Å². The lowest BCUT2D eigenvalue weighted by Gasteiger charge is -2.18. The maximum Gasteiger partial charge on any atom is 0.0708 e. The number of hydrogen-bond acceptors (Lipinski definition) is 6. The van der Waals surface area contributed by atoms with Crippen LogP contribution in [0.4, 0.5) is 0 Å². The van der Waals surface area contributed by atoms with Crippen molar-refractivity contribution in [3.8, 4) is 0 Å². The largest absolute Gasteiger partial charge is 0.792 e. The second-order valence-corrected chi connectivity index (χ2v) is 5.01. The number of rotatable bonds is 11. The Morgan fingerprint density at radius 3 is 1.80 bits per heavy atom. The summed E-state index contributed by atoms with van der Waals surface area (Å²) in [6.07, 6.45) is 3.85. The fraction of sp³-hybridized carbons (Fsp3) is 0.857. The summed E-state index contributed by atoms with van der Waals surface area (Å²) in [7, 11) is 0. The highest BCUT2D eigenvalue weighted by Gasteiger charge is 2.09. The van der Waals surface area contributed by atoms with Gasteiger partial charge in [0, 0.05) is 17.8 Å². The molecule has 2 unspecified atom stereocenters. The smallest absolute Gasteiger partial charge is 0.0708 e. The van der Waals surface area contributed by atoms with Crippen molar-refractivity contribution in [2.45, 2.75) is 65.5 Å². The van der Waals surface area contributed by atoms with Gasteiger partial charge in [0.15, 0.2) is 0 Å². The van der Waals surface area contributed by atoms with Gasteiger partial charge in [0.25, 0.3) is 0 Å². The van der Waals surface area contributed by atoms with E-state index in [0.717, 1.165) is 44.5 Å². The number of nitrogens with zero attached hydrogens (tertiary/aromatic N) is 2. The third-order valence-corrected chi connectivity index (χ3v) is 3.51. The van der Waals surface area contributed by atoms with Crippen LogP contribution < -0.4 is 10.6 Å². The highest BCUT2D eigenvalue weighted by molar-refractivity contribution is 5.87. The average Bonchev–Trinajstić information content (AvgIpc) is 2.48. The van der Waals surface area contributed by atoms with Gasteiger partial charge in [-0.25, -0.2) is 0 Å². The predicted octanol–water partition coefficient (Wildman–Crippen LogP) is 2.31. The van der Waals surface area contributed by atoms with E-state index in [2.05, 4.69) is 27.9 Å². The molecule has 0 radical (unpaired) electrons. The summed E-state index contributed by atoms with van der Waals surface area (Å²) in [6.45, 7) is 9.44. The van der Waals surface area contributed by atoms with E-state index >= 15 is 0 Å². The predicted molar refractivity (Wildman–Crippen MR) is 84.8 cm³/mol. The topological polar surface area (TPSA) is 92.1 Å². The normalized spacial score (nSPS) is 16.2. The Hall–Kier alpha value is -1.14. The molecule has 0 aromatic heterocycles. The van der Waals surface area contributed by atoms with Gasteiger partial charge in [0.05, 0.1) is 5.71 Å². The van der Waals surface area contributed by atoms with Crippen molar-refractivity contribution in [2.75, 3.05) is 13.1 Å². The minimum Gasteiger partial charge on any atom is -0.792 e. The molecule has 0 aromatic rings. The summed E-state index contributed by atoms with van der Waals surface area (Å²) in [5.41, 5.74) is 1.34. The number of oxime groups is 1. The molecular weight excluding hydrogens is 256 g/mol. The molecule has 0 fully saturated rings. The minimum atomic E-state index is 0.0904. The van der Waals surface area contributed by atoms with Crippen LogP contribution >= 0.6 is 0 Å². The molecule has 0 aromatic carbocycles. The molecule has 2 atom stereocenters. The zero-order valence-corrected chi connectivity index (χ0v) is 13.1. The van der Waals surface area contributed by atoms with Crippen LogP contribution in [0.15, 0.2) is 10.3 Å². The molecule has 3 N–H and O–H groups in total. The van der Waals surface area contributed by atoms with Gasteiger partial charge < -0.3 is 26.2 Å². The van der Waals surface area contributed by atoms with Crippen molar-refractivity contribution < 1.29 is 5.21 Å². The first-order chi connectivity index (χ1) is 9.60. The molecule has 0 rings (SSSR count). The van der Waals surface area contributed by atoms with E-state index in [1.54, 1.807) is 6.92 Å². The molecule has 0 heterocycles. The van der Waals surface area contributed by atoms with E-state index in [4.69, 9.17) is 5.21 Å². The minimum absolute atomic E-state index is 0.0904. The Morgan fingerprint density at radius 2 is 1.45 bits per heavy atom. The molecule has 0 aliphatic carbocycles. The zero-order chi connectivity index (χ0) is 15.4. The molecule has 20 heavy (non-hydrogen) atoms. The molecule has 0 amide bonds. The summed E-state index contributed by atoms with van der Waals surface area (Å²) < 4.78 is 0. The Bertz CT molecular complexity index is 276. The Labute approximate surface area is 122 Å². The SMILES string of the molecule is CCC(NCCCCNC(CC)/C(C)=N/O)/C(C)=N/[O-]. The Kier molecular flexibility index (Phi) is 11.0. The Morgan fingerprint density at radius 1 is 1.00 bits per heavy atom. The van der Waals surface area contributed by atoms with Gasteiger partial charge in [-0.2, -0.15) is 0 Å². The lowest BCUT2D eigenvalue weighted by molar-refractivity contribution is 0.314. The van der Waals surface area contributed by atoms with Crippen LogP contribution in [0.2, 0.25) is 0 Å². The molecule has 0 bridgehead atoms. The maximum atomic E-state index is 10.5. The van der Waals surface area contributed by atoms with Crippen LogP contribution in [0, 0.1) is 5.21 Å². The summed E-state index contributed by atoms with van der Waals surface area (Å²) >= 11 is 0. The monoisotopic (exact) mass is 285 g/mol. The molecule has 0 aliphatic rings. The summed E-state index contributed by atoms with van der Waals surface area (Å²) in [4.78, 5) is 0. The quantitative estimate of drug-likeness (QED) is 0.235. The van der Waals surface area contributed by atoms with Crippen LogP contribution in [0.3, 0.4) is 0 Å². The third kappa shape index (κ3) is 7.45. The van der Waals surface area contributed by atoms with Crippen molar-refractivity contribution >= 4 is 11.4 Å². The number of nitrogens with one attached hydrogen (secondary N) is 2. The van der Waals surface area contributed by atoms with Crippen LogP contribution in [0.1, 0.15) is 53.4 Å². The maximum absolute atomic E-state index is 10.5. The molecule has 0 spiro atoms. The van der Waals surface area contributed by atoms with E-state index in [9.17, 15) is 5.21 Å². The Balaban J connectivity index is 3.76. The summed E-state index contributed by atoms with van der Waals surface area (Å²) in [6, 6.07) is 0.235. The van der Waals surface area contributed by atoms with E-state index in [1.807, 2.05) is 13.8 Å². The fourth-order valence-corrected chi connectivity index (χ4v) is 2.11. The van der Waals surface area contributed by atoms with Gasteiger partial charge in [0.2, 0.25) is 0 Å². The van der Waals surface area contributed by atoms with Crippen molar-refractivity contribution in [1.29, 1.82) is 0 Å². The second-order valence-electron chi connectivity index (χ2n) is 5.01. The lowest BCUT2D eigenvalue weighted by atomic mass is 10.1. The molecule has 0 saturated heterocycles. The standard InChI is InChI=1S/C14H30N4O2/c1-5-13(11(3)17-19)15-9-7-8-10-16-14(6-2)12(4)18-20/h13-16,19-20H,5-10H2,1-4H3/p-1/b17-11+,18-12+. The van der Waals surface area contributed by atoms with Gasteiger partial charge in [-0.05, 0) is 52.6 Å². The van der Waals surface area contributed by atoms with Crippen molar-refractivity contribution in [3.63, 3.8) is 0 Å². The number of hydrogen-bond donors (Lipinski definition) is 3. The first-order valence-corrected chi connectivity index (χ1v) is 7.42. The molecule has 6 nitrogen and oxygen atoms in total. The van der Waals surface area contributed by atoms with Crippen LogP contribution in [-0.2, 0) is 0 Å². The molecule has 0 aliphatic heterocycles. The number of unbranched alkanes of at least 4 members (excludes halogenated alkanes) is 1.